The van der Waals surface area contributed by atoms with Gasteiger partial charge in [-0.05, 0) is 48.2 Å². The molecule has 3 aromatic carbocycles. The van der Waals surface area contributed by atoms with Gasteiger partial charge in [0.05, 0.1) is 16.7 Å². The van der Waals surface area contributed by atoms with E-state index < -0.39 is 5.91 Å². The van der Waals surface area contributed by atoms with Gasteiger partial charge in [0, 0.05) is 11.1 Å². The third-order valence-electron chi connectivity index (χ3n) is 4.06. The Hall–Kier alpha value is -3.00. The van der Waals surface area contributed by atoms with Gasteiger partial charge in [0.25, 0.3) is 5.91 Å². The van der Waals surface area contributed by atoms with Gasteiger partial charge in [-0.3, -0.25) is 4.79 Å². The average molecular weight is 411 g/mol. The second-order valence-electron chi connectivity index (χ2n) is 5.88. The smallest absolute Gasteiger partial charge is 0.266 e. The molecule has 4 nitrogen and oxygen atoms in total. The fourth-order valence-corrected chi connectivity index (χ4v) is 3.08. The predicted molar refractivity (Wildman–Crippen MR) is 114 cm³/mol. The van der Waals surface area contributed by atoms with E-state index in [4.69, 9.17) is 27.9 Å². The van der Waals surface area contributed by atoms with Crippen LogP contribution in [-0.2, 0) is 4.79 Å². The third-order valence-corrected chi connectivity index (χ3v) is 4.80. The second-order valence-corrected chi connectivity index (χ2v) is 6.70. The number of rotatable bonds is 5. The van der Waals surface area contributed by atoms with Crippen molar-refractivity contribution in [2.24, 2.45) is 0 Å². The molecule has 1 N–H and O–H groups in total. The van der Waals surface area contributed by atoms with Gasteiger partial charge < -0.3 is 10.1 Å². The maximum absolute atomic E-state index is 12.5. The molecule has 0 aliphatic carbocycles. The Labute approximate surface area is 172 Å². The molecule has 0 bridgehead atoms. The molecule has 0 aliphatic heterocycles. The number of nitrogens with zero attached hydrogens (tertiary/aromatic N) is 1. The van der Waals surface area contributed by atoms with Crippen molar-refractivity contribution in [1.82, 2.24) is 0 Å². The zero-order valence-electron chi connectivity index (χ0n) is 15.0. The lowest BCUT2D eigenvalue weighted by Crippen LogP contribution is -2.13. The molecule has 28 heavy (non-hydrogen) atoms. The third kappa shape index (κ3) is 4.28. The van der Waals surface area contributed by atoms with E-state index in [0.717, 1.165) is 22.1 Å². The van der Waals surface area contributed by atoms with Gasteiger partial charge in [-0.1, -0.05) is 53.5 Å². The molecule has 0 saturated carbocycles. The SMILES string of the molecule is CCOc1ccc(/C=C(\C#N)C(=O)Nc2ccc(Cl)c(Cl)c2)c2ccccc12. The maximum Gasteiger partial charge on any atom is 0.266 e. The van der Waals surface area contributed by atoms with E-state index >= 15 is 0 Å². The number of anilines is 1. The normalized spacial score (nSPS) is 11.1. The Bertz CT molecular complexity index is 1120. The highest BCUT2D eigenvalue weighted by Crippen LogP contribution is 2.30. The molecule has 6 heteroatoms. The second kappa shape index (κ2) is 8.79. The zero-order valence-corrected chi connectivity index (χ0v) is 16.5. The molecule has 0 aliphatic rings. The van der Waals surface area contributed by atoms with Crippen LogP contribution in [0.15, 0.2) is 60.2 Å². The van der Waals surface area contributed by atoms with E-state index in [1.165, 1.54) is 6.07 Å². The van der Waals surface area contributed by atoms with E-state index in [1.54, 1.807) is 18.2 Å². The van der Waals surface area contributed by atoms with Crippen LogP contribution in [0.1, 0.15) is 12.5 Å². The molecule has 3 aromatic rings. The lowest BCUT2D eigenvalue weighted by atomic mass is 10.0. The molecule has 0 spiro atoms. The summed E-state index contributed by atoms with van der Waals surface area (Å²) >= 11 is 11.9. The van der Waals surface area contributed by atoms with Crippen LogP contribution in [-0.4, -0.2) is 12.5 Å². The summed E-state index contributed by atoms with van der Waals surface area (Å²) in [5.74, 6) is 0.230. The summed E-state index contributed by atoms with van der Waals surface area (Å²) in [6.45, 7) is 2.47. The summed E-state index contributed by atoms with van der Waals surface area (Å²) in [7, 11) is 0. The van der Waals surface area contributed by atoms with Gasteiger partial charge in [-0.15, -0.1) is 0 Å². The summed E-state index contributed by atoms with van der Waals surface area (Å²) in [5.41, 5.74) is 1.18. The number of carbonyl (C=O) groups excluding carboxylic acids is 1. The van der Waals surface area contributed by atoms with E-state index in [9.17, 15) is 10.1 Å². The standard InChI is InChI=1S/C22H16Cl2N2O2/c1-2-28-21-10-7-14(17-5-3-4-6-18(17)21)11-15(13-25)22(27)26-16-8-9-19(23)20(24)12-16/h3-12H,2H2,1H3,(H,26,27)/b15-11+. The largest absolute Gasteiger partial charge is 0.493 e. The summed E-state index contributed by atoms with van der Waals surface area (Å²) < 4.78 is 5.66. The van der Waals surface area contributed by atoms with Crippen molar-refractivity contribution in [2.75, 3.05) is 11.9 Å². The zero-order chi connectivity index (χ0) is 20.1. The quantitative estimate of drug-likeness (QED) is 0.408. The van der Waals surface area contributed by atoms with Crippen LogP contribution in [0.25, 0.3) is 16.8 Å². The van der Waals surface area contributed by atoms with Gasteiger partial charge in [-0.2, -0.15) is 5.26 Å². The lowest BCUT2D eigenvalue weighted by molar-refractivity contribution is -0.112. The average Bonchev–Trinajstić information content (AvgIpc) is 2.70. The fraction of sp³-hybridized carbons (Fsp3) is 0.0909. The molecule has 0 aromatic heterocycles. The first-order valence-electron chi connectivity index (χ1n) is 8.56. The Balaban J connectivity index is 1.96. The molecule has 0 atom stereocenters. The molecule has 0 fully saturated rings. The summed E-state index contributed by atoms with van der Waals surface area (Å²) in [6.07, 6.45) is 1.56. The number of amides is 1. The van der Waals surface area contributed by atoms with E-state index in [2.05, 4.69) is 5.32 Å². The highest BCUT2D eigenvalue weighted by molar-refractivity contribution is 6.42. The van der Waals surface area contributed by atoms with Gasteiger partial charge >= 0.3 is 0 Å². The van der Waals surface area contributed by atoms with Crippen LogP contribution in [0.4, 0.5) is 5.69 Å². The van der Waals surface area contributed by atoms with E-state index in [-0.39, 0.29) is 5.57 Å². The van der Waals surface area contributed by atoms with Crippen molar-refractivity contribution in [3.8, 4) is 11.8 Å². The number of fused-ring (bicyclic) bond motifs is 1. The fourth-order valence-electron chi connectivity index (χ4n) is 2.78. The maximum atomic E-state index is 12.5. The number of halogens is 2. The molecule has 140 valence electrons. The predicted octanol–water partition coefficient (Wildman–Crippen LogP) is 6.09. The van der Waals surface area contributed by atoms with Crippen molar-refractivity contribution in [3.05, 3.63) is 75.8 Å². The van der Waals surface area contributed by atoms with Gasteiger partial charge in [-0.25, -0.2) is 0 Å². The first kappa shape index (κ1) is 19.8. The van der Waals surface area contributed by atoms with E-state index in [0.29, 0.717) is 22.3 Å². The molecule has 0 unspecified atom stereocenters. The van der Waals surface area contributed by atoms with Crippen molar-refractivity contribution < 1.29 is 9.53 Å². The van der Waals surface area contributed by atoms with Crippen LogP contribution in [0.2, 0.25) is 10.0 Å². The minimum absolute atomic E-state index is 0.0274. The number of benzene rings is 3. The molecular formula is C22H16Cl2N2O2. The van der Waals surface area contributed by atoms with Crippen molar-refractivity contribution in [3.63, 3.8) is 0 Å². The molecule has 0 heterocycles. The Morgan fingerprint density at radius 2 is 1.86 bits per heavy atom. The number of hydrogen-bond acceptors (Lipinski definition) is 3. The number of hydrogen-bond donors (Lipinski definition) is 1. The minimum atomic E-state index is -0.529. The summed E-state index contributed by atoms with van der Waals surface area (Å²) in [5, 5.41) is 14.7. The van der Waals surface area contributed by atoms with Gasteiger partial charge in [0.2, 0.25) is 0 Å². The van der Waals surface area contributed by atoms with Gasteiger partial charge in [0.1, 0.15) is 17.4 Å². The number of ether oxygens (including phenoxy) is 1. The Morgan fingerprint density at radius 3 is 2.54 bits per heavy atom. The monoisotopic (exact) mass is 410 g/mol. The number of carbonyl (C=O) groups is 1. The Morgan fingerprint density at radius 1 is 1.11 bits per heavy atom. The number of nitriles is 1. The highest BCUT2D eigenvalue weighted by atomic mass is 35.5. The van der Waals surface area contributed by atoms with Crippen LogP contribution in [0.5, 0.6) is 5.75 Å². The van der Waals surface area contributed by atoms with E-state index in [1.807, 2.05) is 49.4 Å². The van der Waals surface area contributed by atoms with Crippen molar-refractivity contribution >= 4 is 51.6 Å². The molecule has 0 saturated heterocycles. The molecule has 0 radical (unpaired) electrons. The van der Waals surface area contributed by atoms with Crippen molar-refractivity contribution in [1.29, 1.82) is 5.26 Å². The Kier molecular flexibility index (Phi) is 6.20. The van der Waals surface area contributed by atoms with Crippen LogP contribution in [0, 0.1) is 11.3 Å². The molecule has 1 amide bonds. The van der Waals surface area contributed by atoms with Crippen molar-refractivity contribution in [2.45, 2.75) is 6.92 Å². The molecular weight excluding hydrogens is 395 g/mol. The number of nitrogens with one attached hydrogen (secondary N) is 1. The van der Waals surface area contributed by atoms with Crippen LogP contribution < -0.4 is 10.1 Å². The lowest BCUT2D eigenvalue weighted by Gasteiger charge is -2.10. The van der Waals surface area contributed by atoms with Gasteiger partial charge in [0.15, 0.2) is 0 Å². The molecule has 3 rings (SSSR count). The summed E-state index contributed by atoms with van der Waals surface area (Å²) in [6, 6.07) is 18.0. The van der Waals surface area contributed by atoms with Crippen LogP contribution in [0.3, 0.4) is 0 Å². The summed E-state index contributed by atoms with van der Waals surface area (Å²) in [4.78, 5) is 12.5. The first-order valence-corrected chi connectivity index (χ1v) is 9.31. The van der Waals surface area contributed by atoms with Crippen LogP contribution >= 0.6 is 23.2 Å². The highest BCUT2D eigenvalue weighted by Gasteiger charge is 2.12. The minimum Gasteiger partial charge on any atom is -0.493 e. The first-order chi connectivity index (χ1) is 13.5. The topological polar surface area (TPSA) is 62.1 Å².